The van der Waals surface area contributed by atoms with E-state index >= 15 is 0 Å². The van der Waals surface area contributed by atoms with Gasteiger partial charge in [0, 0.05) is 22.0 Å². The summed E-state index contributed by atoms with van der Waals surface area (Å²) in [6.07, 6.45) is 0. The molecule has 5 nitrogen and oxygen atoms in total. The lowest BCUT2D eigenvalue weighted by Gasteiger charge is -2.10. The van der Waals surface area contributed by atoms with E-state index in [9.17, 15) is 14.4 Å². The fourth-order valence-electron chi connectivity index (χ4n) is 1.91. The standard InChI is InChI=1S/C17H13BrClNO4/c1-10(21)20-15-7-6-13(19)8-14(15)17(23)24-9-16(22)11-2-4-12(18)5-3-11/h2-8H,9H2,1H3,(H,20,21). The number of hydrogen-bond donors (Lipinski definition) is 1. The largest absolute Gasteiger partial charge is 0.454 e. The Hall–Kier alpha value is -2.18. The number of Topliss-reactive ketones (excluding diaryl/α,β-unsaturated/α-hetero) is 1. The van der Waals surface area contributed by atoms with Crippen molar-refractivity contribution in [2.45, 2.75) is 6.92 Å². The van der Waals surface area contributed by atoms with Gasteiger partial charge in [-0.25, -0.2) is 4.79 Å². The van der Waals surface area contributed by atoms with E-state index in [-0.39, 0.29) is 22.9 Å². The number of ether oxygens (including phenoxy) is 1. The van der Waals surface area contributed by atoms with Crippen molar-refractivity contribution in [1.29, 1.82) is 0 Å². The van der Waals surface area contributed by atoms with E-state index in [2.05, 4.69) is 21.2 Å². The minimum absolute atomic E-state index is 0.0845. The molecule has 0 fully saturated rings. The molecule has 0 saturated heterocycles. The van der Waals surface area contributed by atoms with Crippen LogP contribution >= 0.6 is 27.5 Å². The molecule has 0 aliphatic rings. The third kappa shape index (κ3) is 4.91. The zero-order valence-corrected chi connectivity index (χ0v) is 15.0. The lowest BCUT2D eigenvalue weighted by molar-refractivity contribution is -0.114. The number of esters is 1. The molecule has 0 aliphatic heterocycles. The first-order chi connectivity index (χ1) is 11.4. The predicted molar refractivity (Wildman–Crippen MR) is 94.5 cm³/mol. The molecule has 0 radical (unpaired) electrons. The Kier molecular flexibility index (Phi) is 6.11. The molecule has 2 rings (SSSR count). The van der Waals surface area contributed by atoms with Gasteiger partial charge in [0.05, 0.1) is 11.3 Å². The molecule has 0 unspecified atom stereocenters. The summed E-state index contributed by atoms with van der Waals surface area (Å²) in [5, 5.41) is 2.83. The average Bonchev–Trinajstić information content (AvgIpc) is 2.54. The zero-order chi connectivity index (χ0) is 17.7. The molecule has 0 aliphatic carbocycles. The number of ketones is 1. The molecule has 1 N–H and O–H groups in total. The summed E-state index contributed by atoms with van der Waals surface area (Å²) < 4.78 is 5.88. The normalized spacial score (nSPS) is 10.1. The third-order valence-corrected chi connectivity index (χ3v) is 3.78. The molecule has 0 atom stereocenters. The van der Waals surface area contributed by atoms with Gasteiger partial charge in [-0.2, -0.15) is 0 Å². The van der Waals surface area contributed by atoms with Gasteiger partial charge in [-0.05, 0) is 30.3 Å². The molecule has 0 aromatic heterocycles. The van der Waals surface area contributed by atoms with Gasteiger partial charge < -0.3 is 10.1 Å². The molecular formula is C17H13BrClNO4. The van der Waals surface area contributed by atoms with Gasteiger partial charge in [-0.3, -0.25) is 9.59 Å². The van der Waals surface area contributed by atoms with Crippen molar-refractivity contribution >= 4 is 50.9 Å². The van der Waals surface area contributed by atoms with Gasteiger partial charge in [-0.15, -0.1) is 0 Å². The molecular weight excluding hydrogens is 398 g/mol. The summed E-state index contributed by atoms with van der Waals surface area (Å²) >= 11 is 9.16. The maximum absolute atomic E-state index is 12.2. The Morgan fingerprint density at radius 2 is 1.79 bits per heavy atom. The summed E-state index contributed by atoms with van der Waals surface area (Å²) in [4.78, 5) is 35.4. The molecule has 124 valence electrons. The molecule has 0 bridgehead atoms. The molecule has 1 amide bonds. The Labute approximate surface area is 152 Å². The minimum atomic E-state index is -0.744. The maximum atomic E-state index is 12.2. The van der Waals surface area contributed by atoms with Crippen molar-refractivity contribution in [2.75, 3.05) is 11.9 Å². The zero-order valence-electron chi connectivity index (χ0n) is 12.6. The summed E-state index contributed by atoms with van der Waals surface area (Å²) in [7, 11) is 0. The van der Waals surface area contributed by atoms with Crippen LogP contribution in [-0.4, -0.2) is 24.3 Å². The molecule has 7 heteroatoms. The van der Waals surface area contributed by atoms with E-state index in [1.807, 2.05) is 0 Å². The van der Waals surface area contributed by atoms with Crippen molar-refractivity contribution in [1.82, 2.24) is 0 Å². The number of carbonyl (C=O) groups excluding carboxylic acids is 3. The Morgan fingerprint density at radius 3 is 2.42 bits per heavy atom. The van der Waals surface area contributed by atoms with Crippen LogP contribution in [-0.2, 0) is 9.53 Å². The smallest absolute Gasteiger partial charge is 0.340 e. The lowest BCUT2D eigenvalue weighted by atomic mass is 10.1. The second kappa shape index (κ2) is 8.08. The summed E-state index contributed by atoms with van der Waals surface area (Å²) in [6, 6.07) is 11.1. The third-order valence-electron chi connectivity index (χ3n) is 3.01. The van der Waals surface area contributed by atoms with E-state index in [0.717, 1.165) is 4.47 Å². The van der Waals surface area contributed by atoms with Crippen molar-refractivity contribution in [3.8, 4) is 0 Å². The van der Waals surface area contributed by atoms with Gasteiger partial charge in [0.25, 0.3) is 0 Å². The number of hydrogen-bond acceptors (Lipinski definition) is 4. The fourth-order valence-corrected chi connectivity index (χ4v) is 2.35. The number of nitrogens with one attached hydrogen (secondary N) is 1. The van der Waals surface area contributed by atoms with E-state index in [1.165, 1.54) is 25.1 Å². The summed E-state index contributed by atoms with van der Waals surface area (Å²) in [5.41, 5.74) is 0.786. The first kappa shape index (κ1) is 18.2. The topological polar surface area (TPSA) is 72.5 Å². The second-order valence-electron chi connectivity index (χ2n) is 4.88. The van der Waals surface area contributed by atoms with Crippen LogP contribution < -0.4 is 5.32 Å². The van der Waals surface area contributed by atoms with E-state index in [4.69, 9.17) is 16.3 Å². The van der Waals surface area contributed by atoms with E-state index in [0.29, 0.717) is 10.6 Å². The highest BCUT2D eigenvalue weighted by atomic mass is 79.9. The van der Waals surface area contributed by atoms with Crippen molar-refractivity contribution in [3.05, 3.63) is 63.1 Å². The molecule has 0 saturated carbocycles. The molecule has 2 aromatic carbocycles. The first-order valence-corrected chi connectivity index (χ1v) is 8.07. The summed E-state index contributed by atoms with van der Waals surface area (Å²) in [6.45, 7) is 0.910. The van der Waals surface area contributed by atoms with Crippen LogP contribution in [0.25, 0.3) is 0 Å². The predicted octanol–water partition coefficient (Wildman–Crippen LogP) is 4.10. The van der Waals surface area contributed by atoms with Gasteiger partial charge in [0.1, 0.15) is 0 Å². The Morgan fingerprint density at radius 1 is 1.12 bits per heavy atom. The van der Waals surface area contributed by atoms with Crippen LogP contribution in [0.1, 0.15) is 27.6 Å². The van der Waals surface area contributed by atoms with Crippen LogP contribution in [0, 0.1) is 0 Å². The highest BCUT2D eigenvalue weighted by molar-refractivity contribution is 9.10. The molecule has 24 heavy (non-hydrogen) atoms. The highest BCUT2D eigenvalue weighted by Crippen LogP contribution is 2.22. The lowest BCUT2D eigenvalue weighted by Crippen LogP contribution is -2.17. The minimum Gasteiger partial charge on any atom is -0.454 e. The summed E-state index contributed by atoms with van der Waals surface area (Å²) in [5.74, 6) is -1.41. The van der Waals surface area contributed by atoms with Crippen molar-refractivity contribution < 1.29 is 19.1 Å². The van der Waals surface area contributed by atoms with Gasteiger partial charge in [0.2, 0.25) is 5.91 Å². The van der Waals surface area contributed by atoms with Gasteiger partial charge in [-0.1, -0.05) is 39.7 Å². The molecule has 2 aromatic rings. The van der Waals surface area contributed by atoms with Crippen LogP contribution in [0.15, 0.2) is 46.9 Å². The van der Waals surface area contributed by atoms with Crippen molar-refractivity contribution in [3.63, 3.8) is 0 Å². The maximum Gasteiger partial charge on any atom is 0.340 e. The first-order valence-electron chi connectivity index (χ1n) is 6.90. The molecule has 0 heterocycles. The Balaban J connectivity index is 2.09. The quantitative estimate of drug-likeness (QED) is 0.595. The van der Waals surface area contributed by atoms with E-state index in [1.54, 1.807) is 24.3 Å². The highest BCUT2D eigenvalue weighted by Gasteiger charge is 2.16. The Bertz CT molecular complexity index is 790. The van der Waals surface area contributed by atoms with Crippen molar-refractivity contribution in [2.24, 2.45) is 0 Å². The van der Waals surface area contributed by atoms with Crippen LogP contribution in [0.3, 0.4) is 0 Å². The number of carbonyl (C=O) groups is 3. The van der Waals surface area contributed by atoms with Crippen LogP contribution in [0.5, 0.6) is 0 Å². The number of halogens is 2. The van der Waals surface area contributed by atoms with Gasteiger partial charge >= 0.3 is 5.97 Å². The molecule has 0 spiro atoms. The van der Waals surface area contributed by atoms with Gasteiger partial charge in [0.15, 0.2) is 12.4 Å². The number of rotatable bonds is 5. The number of benzene rings is 2. The van der Waals surface area contributed by atoms with Crippen LogP contribution in [0.4, 0.5) is 5.69 Å². The second-order valence-corrected chi connectivity index (χ2v) is 6.23. The van der Waals surface area contributed by atoms with Crippen LogP contribution in [0.2, 0.25) is 5.02 Å². The van der Waals surface area contributed by atoms with E-state index < -0.39 is 12.6 Å². The fraction of sp³-hybridized carbons (Fsp3) is 0.118. The SMILES string of the molecule is CC(=O)Nc1ccc(Cl)cc1C(=O)OCC(=O)c1ccc(Br)cc1. The number of anilines is 1. The average molecular weight is 411 g/mol. The monoisotopic (exact) mass is 409 g/mol. The number of amides is 1.